The summed E-state index contributed by atoms with van der Waals surface area (Å²) in [7, 11) is 0. The van der Waals surface area contributed by atoms with Crippen LogP contribution in [0, 0.1) is 5.41 Å². The summed E-state index contributed by atoms with van der Waals surface area (Å²) in [6, 6.07) is 2.94. The molecule has 1 heterocycles. The SMILES string of the molecule is CC(C)(C)C(=O)NCC(=O)NCc1ccc(C(=O)O)nc1. The molecule has 1 aromatic heterocycles. The van der Waals surface area contributed by atoms with Crippen molar-refractivity contribution in [2.75, 3.05) is 6.54 Å². The molecule has 0 atom stereocenters. The van der Waals surface area contributed by atoms with Crippen molar-refractivity contribution < 1.29 is 19.5 Å². The number of rotatable bonds is 5. The number of nitrogens with zero attached hydrogens (tertiary/aromatic N) is 1. The Kier molecular flexibility index (Phi) is 5.40. The number of carboxylic acid groups (broad SMARTS) is 1. The molecule has 0 aliphatic heterocycles. The molecule has 3 N–H and O–H groups in total. The third-order valence-electron chi connectivity index (χ3n) is 2.62. The van der Waals surface area contributed by atoms with Crippen molar-refractivity contribution in [2.24, 2.45) is 5.41 Å². The Bertz CT molecular complexity index is 532. The number of hydrogen-bond donors (Lipinski definition) is 3. The molecule has 0 saturated carbocycles. The molecule has 0 aliphatic carbocycles. The lowest BCUT2D eigenvalue weighted by Crippen LogP contribution is -2.41. The minimum absolute atomic E-state index is 0.0532. The van der Waals surface area contributed by atoms with E-state index in [1.54, 1.807) is 26.8 Å². The van der Waals surface area contributed by atoms with Crippen molar-refractivity contribution in [3.05, 3.63) is 29.6 Å². The number of carboxylic acids is 1. The third-order valence-corrected chi connectivity index (χ3v) is 2.62. The summed E-state index contributed by atoms with van der Waals surface area (Å²) in [6.45, 7) is 5.40. The molecule has 0 radical (unpaired) electrons. The standard InChI is InChI=1S/C14H19N3O4/c1-14(2,3)13(21)17-8-11(18)16-7-9-4-5-10(12(19)20)15-6-9/h4-6H,7-8H2,1-3H3,(H,16,18)(H,17,21)(H,19,20). The van der Waals surface area contributed by atoms with E-state index < -0.39 is 11.4 Å². The number of aromatic carboxylic acids is 1. The normalized spacial score (nSPS) is 10.8. The molecular formula is C14H19N3O4. The minimum atomic E-state index is -1.10. The Balaban J connectivity index is 2.39. The van der Waals surface area contributed by atoms with Gasteiger partial charge in [-0.1, -0.05) is 26.8 Å². The van der Waals surface area contributed by atoms with Crippen LogP contribution >= 0.6 is 0 Å². The van der Waals surface area contributed by atoms with E-state index in [0.717, 1.165) is 0 Å². The summed E-state index contributed by atoms with van der Waals surface area (Å²) in [5.41, 5.74) is 0.0784. The molecule has 1 rings (SSSR count). The first-order valence-electron chi connectivity index (χ1n) is 6.43. The lowest BCUT2D eigenvalue weighted by atomic mass is 9.96. The Morgan fingerprint density at radius 2 is 1.86 bits per heavy atom. The van der Waals surface area contributed by atoms with E-state index in [9.17, 15) is 14.4 Å². The van der Waals surface area contributed by atoms with Gasteiger partial charge in [0.2, 0.25) is 11.8 Å². The summed E-state index contributed by atoms with van der Waals surface area (Å²) in [6.07, 6.45) is 1.39. The minimum Gasteiger partial charge on any atom is -0.477 e. The molecule has 0 unspecified atom stereocenters. The first kappa shape index (κ1) is 16.6. The van der Waals surface area contributed by atoms with Crippen LogP contribution in [-0.4, -0.2) is 34.4 Å². The van der Waals surface area contributed by atoms with Crippen LogP contribution in [0.1, 0.15) is 36.8 Å². The van der Waals surface area contributed by atoms with Crippen LogP contribution in [0.5, 0.6) is 0 Å². The zero-order valence-corrected chi connectivity index (χ0v) is 12.3. The Morgan fingerprint density at radius 1 is 1.19 bits per heavy atom. The summed E-state index contributed by atoms with van der Waals surface area (Å²) in [4.78, 5) is 37.5. The van der Waals surface area contributed by atoms with Gasteiger partial charge < -0.3 is 15.7 Å². The predicted octanol–water partition coefficient (Wildman–Crippen LogP) is 0.558. The molecule has 0 bridgehead atoms. The fourth-order valence-electron chi connectivity index (χ4n) is 1.34. The number of hydrogen-bond acceptors (Lipinski definition) is 4. The maximum absolute atomic E-state index is 11.6. The molecule has 1 aromatic rings. The summed E-state index contributed by atoms with van der Waals surface area (Å²) >= 11 is 0. The van der Waals surface area contributed by atoms with Crippen LogP contribution in [0.2, 0.25) is 0 Å². The van der Waals surface area contributed by atoms with Gasteiger partial charge in [-0.15, -0.1) is 0 Å². The lowest BCUT2D eigenvalue weighted by Gasteiger charge is -2.17. The molecule has 7 heteroatoms. The molecule has 2 amide bonds. The second-order valence-electron chi connectivity index (χ2n) is 5.57. The van der Waals surface area contributed by atoms with Crippen LogP contribution in [0.15, 0.2) is 18.3 Å². The monoisotopic (exact) mass is 293 g/mol. The molecular weight excluding hydrogens is 274 g/mol. The first-order valence-corrected chi connectivity index (χ1v) is 6.43. The van der Waals surface area contributed by atoms with Crippen molar-refractivity contribution in [1.82, 2.24) is 15.6 Å². The molecule has 0 aromatic carbocycles. The van der Waals surface area contributed by atoms with E-state index >= 15 is 0 Å². The Hall–Kier alpha value is -2.44. The number of amides is 2. The average molecular weight is 293 g/mol. The highest BCUT2D eigenvalue weighted by molar-refractivity contribution is 5.87. The van der Waals surface area contributed by atoms with Crippen molar-refractivity contribution in [1.29, 1.82) is 0 Å². The van der Waals surface area contributed by atoms with Gasteiger partial charge in [0.05, 0.1) is 6.54 Å². The quantitative estimate of drug-likeness (QED) is 0.735. The average Bonchev–Trinajstić information content (AvgIpc) is 2.41. The molecule has 21 heavy (non-hydrogen) atoms. The van der Waals surface area contributed by atoms with Gasteiger partial charge in [0.15, 0.2) is 0 Å². The van der Waals surface area contributed by atoms with Crippen molar-refractivity contribution in [2.45, 2.75) is 27.3 Å². The number of carbonyl (C=O) groups excluding carboxylic acids is 2. The van der Waals surface area contributed by atoms with Crippen LogP contribution in [-0.2, 0) is 16.1 Å². The van der Waals surface area contributed by atoms with Gasteiger partial charge in [-0.05, 0) is 11.6 Å². The summed E-state index contributed by atoms with van der Waals surface area (Å²) < 4.78 is 0. The largest absolute Gasteiger partial charge is 0.477 e. The predicted molar refractivity (Wildman–Crippen MR) is 75.5 cm³/mol. The van der Waals surface area contributed by atoms with Gasteiger partial charge in [-0.3, -0.25) is 9.59 Å². The van der Waals surface area contributed by atoms with Crippen LogP contribution in [0.3, 0.4) is 0 Å². The third kappa shape index (κ3) is 5.60. The van der Waals surface area contributed by atoms with Gasteiger partial charge in [0.25, 0.3) is 0 Å². The van der Waals surface area contributed by atoms with Crippen molar-refractivity contribution in [3.63, 3.8) is 0 Å². The smallest absolute Gasteiger partial charge is 0.354 e. The Labute approximate surface area is 122 Å². The van der Waals surface area contributed by atoms with E-state index in [1.165, 1.54) is 12.3 Å². The van der Waals surface area contributed by atoms with E-state index in [1.807, 2.05) is 0 Å². The van der Waals surface area contributed by atoms with Gasteiger partial charge >= 0.3 is 5.97 Å². The fraction of sp³-hybridized carbons (Fsp3) is 0.429. The summed E-state index contributed by atoms with van der Waals surface area (Å²) in [5, 5.41) is 13.9. The molecule has 0 fully saturated rings. The van der Waals surface area contributed by atoms with Crippen LogP contribution < -0.4 is 10.6 Å². The summed E-state index contributed by atoms with van der Waals surface area (Å²) in [5.74, 6) is -1.63. The van der Waals surface area contributed by atoms with Gasteiger partial charge in [0, 0.05) is 18.2 Å². The molecule has 0 aliphatic rings. The fourth-order valence-corrected chi connectivity index (χ4v) is 1.34. The van der Waals surface area contributed by atoms with E-state index in [2.05, 4.69) is 15.6 Å². The second kappa shape index (κ2) is 6.83. The second-order valence-corrected chi connectivity index (χ2v) is 5.57. The van der Waals surface area contributed by atoms with E-state index in [4.69, 9.17) is 5.11 Å². The maximum atomic E-state index is 11.6. The molecule has 7 nitrogen and oxygen atoms in total. The zero-order valence-electron chi connectivity index (χ0n) is 12.3. The highest BCUT2D eigenvalue weighted by Crippen LogP contribution is 2.11. The van der Waals surface area contributed by atoms with Gasteiger partial charge in [0.1, 0.15) is 5.69 Å². The number of nitrogens with one attached hydrogen (secondary N) is 2. The highest BCUT2D eigenvalue weighted by atomic mass is 16.4. The van der Waals surface area contributed by atoms with Crippen molar-refractivity contribution >= 4 is 17.8 Å². The number of aromatic nitrogens is 1. The van der Waals surface area contributed by atoms with Crippen LogP contribution in [0.4, 0.5) is 0 Å². The first-order chi connectivity index (χ1) is 9.70. The van der Waals surface area contributed by atoms with E-state index in [-0.39, 0.29) is 30.6 Å². The lowest BCUT2D eigenvalue weighted by molar-refractivity contribution is -0.131. The highest BCUT2D eigenvalue weighted by Gasteiger charge is 2.21. The molecule has 0 saturated heterocycles. The van der Waals surface area contributed by atoms with Gasteiger partial charge in [-0.2, -0.15) is 0 Å². The molecule has 114 valence electrons. The van der Waals surface area contributed by atoms with E-state index in [0.29, 0.717) is 5.56 Å². The number of pyridine rings is 1. The van der Waals surface area contributed by atoms with Crippen molar-refractivity contribution in [3.8, 4) is 0 Å². The van der Waals surface area contributed by atoms with Gasteiger partial charge in [-0.25, -0.2) is 9.78 Å². The van der Waals surface area contributed by atoms with Crippen LogP contribution in [0.25, 0.3) is 0 Å². The number of carbonyl (C=O) groups is 3. The maximum Gasteiger partial charge on any atom is 0.354 e. The molecule has 0 spiro atoms. The Morgan fingerprint density at radius 3 is 2.33 bits per heavy atom. The zero-order chi connectivity index (χ0) is 16.0. The topological polar surface area (TPSA) is 108 Å².